The predicted molar refractivity (Wildman–Crippen MR) is 69.8 cm³/mol. The molecule has 1 aromatic carbocycles. The van der Waals surface area contributed by atoms with Crippen molar-refractivity contribution in [2.24, 2.45) is 0 Å². The Balaban J connectivity index is 2.69. The Hall–Kier alpha value is -1.20. The molecule has 0 saturated heterocycles. The van der Waals surface area contributed by atoms with Gasteiger partial charge in [-0.2, -0.15) is 0 Å². The number of carbonyl (C=O) groups is 1. The standard InChI is InChI=1S/C12H8BrClFNO2/c1-6-10(9(17)5-13)12(16-18-6)11-7(14)3-2-4-8(11)15/h2-4H,5H2,1H3. The van der Waals surface area contributed by atoms with Crippen LogP contribution in [-0.4, -0.2) is 16.3 Å². The molecular weight excluding hydrogens is 324 g/mol. The van der Waals surface area contributed by atoms with Crippen LogP contribution in [0.4, 0.5) is 4.39 Å². The summed E-state index contributed by atoms with van der Waals surface area (Å²) in [5.41, 5.74) is 0.472. The molecule has 0 amide bonds. The number of carbonyl (C=O) groups excluding carboxylic acids is 1. The van der Waals surface area contributed by atoms with Crippen LogP contribution in [-0.2, 0) is 0 Å². The van der Waals surface area contributed by atoms with E-state index in [1.807, 2.05) is 0 Å². The molecular formula is C12H8BrClFNO2. The van der Waals surface area contributed by atoms with Gasteiger partial charge in [0.1, 0.15) is 17.3 Å². The molecule has 0 aliphatic heterocycles. The quantitative estimate of drug-likeness (QED) is 0.630. The Kier molecular flexibility index (Phi) is 3.82. The van der Waals surface area contributed by atoms with Crippen molar-refractivity contribution in [3.8, 4) is 11.3 Å². The number of halogens is 3. The highest BCUT2D eigenvalue weighted by Gasteiger charge is 2.24. The van der Waals surface area contributed by atoms with E-state index >= 15 is 0 Å². The van der Waals surface area contributed by atoms with Gasteiger partial charge >= 0.3 is 0 Å². The number of benzene rings is 1. The number of Topliss-reactive ketones (excluding diaryl/α,β-unsaturated/α-hetero) is 1. The Morgan fingerprint density at radius 1 is 1.56 bits per heavy atom. The highest BCUT2D eigenvalue weighted by atomic mass is 79.9. The fraction of sp³-hybridized carbons (Fsp3) is 0.167. The smallest absolute Gasteiger partial charge is 0.179 e. The van der Waals surface area contributed by atoms with Gasteiger partial charge < -0.3 is 4.52 Å². The van der Waals surface area contributed by atoms with Gasteiger partial charge in [0, 0.05) is 0 Å². The highest BCUT2D eigenvalue weighted by molar-refractivity contribution is 9.09. The lowest BCUT2D eigenvalue weighted by atomic mass is 10.0. The zero-order chi connectivity index (χ0) is 13.3. The molecule has 0 aliphatic rings. The summed E-state index contributed by atoms with van der Waals surface area (Å²) in [6.07, 6.45) is 0. The van der Waals surface area contributed by atoms with E-state index in [1.165, 1.54) is 18.2 Å². The van der Waals surface area contributed by atoms with Gasteiger partial charge in [-0.25, -0.2) is 4.39 Å². The lowest BCUT2D eigenvalue weighted by molar-refractivity contribution is 0.102. The van der Waals surface area contributed by atoms with E-state index in [4.69, 9.17) is 16.1 Å². The van der Waals surface area contributed by atoms with Gasteiger partial charge in [-0.05, 0) is 19.1 Å². The molecule has 0 unspecified atom stereocenters. The largest absolute Gasteiger partial charge is 0.360 e. The van der Waals surface area contributed by atoms with Crippen LogP contribution in [0.15, 0.2) is 22.7 Å². The number of aryl methyl sites for hydroxylation is 1. The van der Waals surface area contributed by atoms with Crippen molar-refractivity contribution in [3.05, 3.63) is 40.4 Å². The number of alkyl halides is 1. The molecule has 3 nitrogen and oxygen atoms in total. The maximum absolute atomic E-state index is 13.8. The number of aromatic nitrogens is 1. The summed E-state index contributed by atoms with van der Waals surface area (Å²) >= 11 is 9.02. The van der Waals surface area contributed by atoms with Crippen LogP contribution < -0.4 is 0 Å². The molecule has 0 atom stereocenters. The van der Waals surface area contributed by atoms with Crippen LogP contribution in [0.1, 0.15) is 16.1 Å². The number of nitrogens with zero attached hydrogens (tertiary/aromatic N) is 1. The molecule has 94 valence electrons. The lowest BCUT2D eigenvalue weighted by Crippen LogP contribution is -2.03. The zero-order valence-electron chi connectivity index (χ0n) is 9.34. The number of rotatable bonds is 3. The average molecular weight is 333 g/mol. The average Bonchev–Trinajstić information content (AvgIpc) is 2.70. The minimum Gasteiger partial charge on any atom is -0.360 e. The Labute approximate surface area is 116 Å². The molecule has 0 bridgehead atoms. The fourth-order valence-corrected chi connectivity index (χ4v) is 2.19. The van der Waals surface area contributed by atoms with E-state index in [1.54, 1.807) is 6.92 Å². The zero-order valence-corrected chi connectivity index (χ0v) is 11.7. The van der Waals surface area contributed by atoms with Gasteiger partial charge in [0.05, 0.1) is 21.5 Å². The summed E-state index contributed by atoms with van der Waals surface area (Å²) in [6.45, 7) is 1.60. The van der Waals surface area contributed by atoms with E-state index in [0.717, 1.165) is 0 Å². The summed E-state index contributed by atoms with van der Waals surface area (Å²) in [4.78, 5) is 11.8. The Morgan fingerprint density at radius 3 is 2.89 bits per heavy atom. The predicted octanol–water partition coefficient (Wildman–Crippen LogP) is 4.02. The highest BCUT2D eigenvalue weighted by Crippen LogP contribution is 2.33. The molecule has 2 rings (SSSR count). The summed E-state index contributed by atoms with van der Waals surface area (Å²) < 4.78 is 18.8. The summed E-state index contributed by atoms with van der Waals surface area (Å²) in [5, 5.41) is 4.03. The van der Waals surface area contributed by atoms with Crippen molar-refractivity contribution in [2.45, 2.75) is 6.92 Å². The molecule has 0 aliphatic carbocycles. The van der Waals surface area contributed by atoms with Crippen molar-refractivity contribution in [1.29, 1.82) is 0 Å². The minimum atomic E-state index is -0.542. The van der Waals surface area contributed by atoms with E-state index in [-0.39, 0.29) is 33.0 Å². The Morgan fingerprint density at radius 2 is 2.28 bits per heavy atom. The van der Waals surface area contributed by atoms with Crippen LogP contribution in [0.3, 0.4) is 0 Å². The van der Waals surface area contributed by atoms with Gasteiger partial charge in [0.15, 0.2) is 5.78 Å². The molecule has 18 heavy (non-hydrogen) atoms. The second-order valence-electron chi connectivity index (χ2n) is 3.62. The number of hydrogen-bond donors (Lipinski definition) is 0. The molecule has 0 fully saturated rings. The van der Waals surface area contributed by atoms with Gasteiger partial charge in [-0.15, -0.1) is 0 Å². The second-order valence-corrected chi connectivity index (χ2v) is 4.58. The van der Waals surface area contributed by atoms with Crippen molar-refractivity contribution in [1.82, 2.24) is 5.16 Å². The van der Waals surface area contributed by atoms with Crippen molar-refractivity contribution in [3.63, 3.8) is 0 Å². The molecule has 0 N–H and O–H groups in total. The summed E-state index contributed by atoms with van der Waals surface area (Å²) in [7, 11) is 0. The SMILES string of the molecule is Cc1onc(-c2c(F)cccc2Cl)c1C(=O)CBr. The van der Waals surface area contributed by atoms with Crippen molar-refractivity contribution in [2.75, 3.05) is 5.33 Å². The topological polar surface area (TPSA) is 43.1 Å². The second kappa shape index (κ2) is 5.20. The molecule has 1 heterocycles. The molecule has 0 radical (unpaired) electrons. The Bertz CT molecular complexity index is 592. The van der Waals surface area contributed by atoms with E-state index in [0.29, 0.717) is 5.76 Å². The van der Waals surface area contributed by atoms with E-state index < -0.39 is 5.82 Å². The summed E-state index contributed by atoms with van der Waals surface area (Å²) in [5.74, 6) is -0.434. The summed E-state index contributed by atoms with van der Waals surface area (Å²) in [6, 6.07) is 4.28. The van der Waals surface area contributed by atoms with E-state index in [9.17, 15) is 9.18 Å². The number of hydrogen-bond acceptors (Lipinski definition) is 3. The molecule has 6 heteroatoms. The monoisotopic (exact) mass is 331 g/mol. The molecule has 0 saturated carbocycles. The van der Waals surface area contributed by atoms with Gasteiger partial charge in [0.2, 0.25) is 0 Å². The van der Waals surface area contributed by atoms with Crippen molar-refractivity contribution < 1.29 is 13.7 Å². The minimum absolute atomic E-state index is 0.0836. The first kappa shape index (κ1) is 13.2. The first-order chi connectivity index (χ1) is 8.56. The maximum Gasteiger partial charge on any atom is 0.179 e. The van der Waals surface area contributed by atoms with Crippen LogP contribution in [0.5, 0.6) is 0 Å². The molecule has 2 aromatic rings. The van der Waals surface area contributed by atoms with Gasteiger partial charge in [0.25, 0.3) is 0 Å². The lowest BCUT2D eigenvalue weighted by Gasteiger charge is -2.04. The fourth-order valence-electron chi connectivity index (χ4n) is 1.66. The molecule has 0 spiro atoms. The molecule has 1 aromatic heterocycles. The van der Waals surface area contributed by atoms with Gasteiger partial charge in [-0.3, -0.25) is 4.79 Å². The van der Waals surface area contributed by atoms with Crippen LogP contribution in [0, 0.1) is 12.7 Å². The van der Waals surface area contributed by atoms with Crippen LogP contribution in [0.2, 0.25) is 5.02 Å². The number of ketones is 1. The third-order valence-electron chi connectivity index (χ3n) is 2.46. The van der Waals surface area contributed by atoms with Crippen LogP contribution in [0.25, 0.3) is 11.3 Å². The third kappa shape index (κ3) is 2.20. The van der Waals surface area contributed by atoms with Gasteiger partial charge in [-0.1, -0.05) is 38.8 Å². The first-order valence-corrected chi connectivity index (χ1v) is 6.56. The normalized spacial score (nSPS) is 10.7. The van der Waals surface area contributed by atoms with Crippen molar-refractivity contribution >= 4 is 33.3 Å². The van der Waals surface area contributed by atoms with Crippen LogP contribution >= 0.6 is 27.5 Å². The third-order valence-corrected chi connectivity index (χ3v) is 3.29. The van der Waals surface area contributed by atoms with E-state index in [2.05, 4.69) is 21.1 Å². The first-order valence-electron chi connectivity index (χ1n) is 5.06. The maximum atomic E-state index is 13.8.